The summed E-state index contributed by atoms with van der Waals surface area (Å²) in [6.07, 6.45) is 1.52. The number of anilines is 1. The van der Waals surface area contributed by atoms with E-state index in [0.717, 1.165) is 12.0 Å². The molecule has 1 rings (SSSR count). The third-order valence-electron chi connectivity index (χ3n) is 2.69. The Balaban J connectivity index is 2.62. The first-order chi connectivity index (χ1) is 7.67. The number of hydrogen-bond donors (Lipinski definition) is 2. The number of carbonyl (C=O) groups excluding carboxylic acids is 1. The van der Waals surface area contributed by atoms with Crippen molar-refractivity contribution >= 4 is 11.6 Å². The van der Waals surface area contributed by atoms with Crippen molar-refractivity contribution in [1.29, 1.82) is 0 Å². The maximum absolute atomic E-state index is 11.7. The zero-order valence-corrected chi connectivity index (χ0v) is 9.86. The average molecular weight is 221 g/mol. The molecule has 1 aromatic rings. The maximum atomic E-state index is 11.7. The molecular formula is C13H19NO2. The van der Waals surface area contributed by atoms with Crippen molar-refractivity contribution in [1.82, 2.24) is 0 Å². The molecule has 3 nitrogen and oxygen atoms in total. The van der Waals surface area contributed by atoms with E-state index in [1.807, 2.05) is 12.1 Å². The molecular weight excluding hydrogens is 202 g/mol. The van der Waals surface area contributed by atoms with Crippen LogP contribution in [0, 0.1) is 5.92 Å². The molecule has 0 aliphatic heterocycles. The summed E-state index contributed by atoms with van der Waals surface area (Å²) < 4.78 is 0. The SMILES string of the molecule is CCC(C)CC(=O)Nc1ccccc1CO. The fraction of sp³-hybridized carbons (Fsp3) is 0.462. The second kappa shape index (κ2) is 6.28. The van der Waals surface area contributed by atoms with E-state index in [4.69, 9.17) is 5.11 Å². The van der Waals surface area contributed by atoms with Crippen LogP contribution in [0.5, 0.6) is 0 Å². The van der Waals surface area contributed by atoms with E-state index in [0.29, 0.717) is 18.0 Å². The van der Waals surface area contributed by atoms with Crippen LogP contribution in [0.2, 0.25) is 0 Å². The van der Waals surface area contributed by atoms with Gasteiger partial charge in [-0.25, -0.2) is 0 Å². The second-order valence-corrected chi connectivity index (χ2v) is 4.08. The van der Waals surface area contributed by atoms with Gasteiger partial charge in [0.1, 0.15) is 0 Å². The Morgan fingerprint density at radius 3 is 2.75 bits per heavy atom. The van der Waals surface area contributed by atoms with Gasteiger partial charge in [-0.2, -0.15) is 0 Å². The highest BCUT2D eigenvalue weighted by molar-refractivity contribution is 5.91. The van der Waals surface area contributed by atoms with Gasteiger partial charge in [-0.1, -0.05) is 38.5 Å². The molecule has 0 saturated carbocycles. The molecule has 0 aliphatic carbocycles. The van der Waals surface area contributed by atoms with Crippen molar-refractivity contribution in [3.8, 4) is 0 Å². The van der Waals surface area contributed by atoms with Gasteiger partial charge in [-0.15, -0.1) is 0 Å². The zero-order valence-electron chi connectivity index (χ0n) is 9.86. The summed E-state index contributed by atoms with van der Waals surface area (Å²) in [5, 5.41) is 11.9. The first kappa shape index (κ1) is 12.7. The second-order valence-electron chi connectivity index (χ2n) is 4.08. The molecule has 0 bridgehead atoms. The van der Waals surface area contributed by atoms with Crippen molar-refractivity contribution < 1.29 is 9.90 Å². The molecule has 0 spiro atoms. The number of nitrogens with one attached hydrogen (secondary N) is 1. The largest absolute Gasteiger partial charge is 0.392 e. The fourth-order valence-corrected chi connectivity index (χ4v) is 1.44. The minimum absolute atomic E-state index is 0.00949. The van der Waals surface area contributed by atoms with Crippen molar-refractivity contribution in [3.63, 3.8) is 0 Å². The Labute approximate surface area is 96.5 Å². The average Bonchev–Trinajstić information content (AvgIpc) is 2.29. The topological polar surface area (TPSA) is 49.3 Å². The lowest BCUT2D eigenvalue weighted by Gasteiger charge is -2.11. The lowest BCUT2D eigenvalue weighted by molar-refractivity contribution is -0.117. The molecule has 1 atom stereocenters. The highest BCUT2D eigenvalue weighted by Gasteiger charge is 2.09. The first-order valence-corrected chi connectivity index (χ1v) is 5.66. The molecule has 3 heteroatoms. The highest BCUT2D eigenvalue weighted by atomic mass is 16.3. The Bertz CT molecular complexity index is 350. The molecule has 0 saturated heterocycles. The lowest BCUT2D eigenvalue weighted by atomic mass is 10.0. The van der Waals surface area contributed by atoms with Gasteiger partial charge in [0.25, 0.3) is 0 Å². The molecule has 88 valence electrons. The maximum Gasteiger partial charge on any atom is 0.224 e. The summed E-state index contributed by atoms with van der Waals surface area (Å²) in [5.41, 5.74) is 1.46. The molecule has 0 heterocycles. The van der Waals surface area contributed by atoms with E-state index in [1.54, 1.807) is 12.1 Å². The molecule has 0 radical (unpaired) electrons. The van der Waals surface area contributed by atoms with Crippen LogP contribution in [0.4, 0.5) is 5.69 Å². The van der Waals surface area contributed by atoms with Gasteiger partial charge >= 0.3 is 0 Å². The standard InChI is InChI=1S/C13H19NO2/c1-3-10(2)8-13(16)14-12-7-5-4-6-11(12)9-15/h4-7,10,15H,3,8-9H2,1-2H3,(H,14,16). The van der Waals surface area contributed by atoms with Crippen LogP contribution >= 0.6 is 0 Å². The van der Waals surface area contributed by atoms with E-state index < -0.39 is 0 Å². The number of aliphatic hydroxyl groups is 1. The number of para-hydroxylation sites is 1. The first-order valence-electron chi connectivity index (χ1n) is 5.66. The van der Waals surface area contributed by atoms with Gasteiger partial charge < -0.3 is 10.4 Å². The van der Waals surface area contributed by atoms with Crippen LogP contribution in [-0.4, -0.2) is 11.0 Å². The number of aliphatic hydroxyl groups excluding tert-OH is 1. The van der Waals surface area contributed by atoms with Crippen LogP contribution in [0.15, 0.2) is 24.3 Å². The molecule has 1 unspecified atom stereocenters. The monoisotopic (exact) mass is 221 g/mol. The lowest BCUT2D eigenvalue weighted by Crippen LogP contribution is -2.15. The Morgan fingerprint density at radius 1 is 1.44 bits per heavy atom. The van der Waals surface area contributed by atoms with Crippen LogP contribution in [0.3, 0.4) is 0 Å². The van der Waals surface area contributed by atoms with E-state index in [1.165, 1.54) is 0 Å². The normalized spacial score (nSPS) is 12.2. The highest BCUT2D eigenvalue weighted by Crippen LogP contribution is 2.16. The van der Waals surface area contributed by atoms with Gasteiger partial charge in [-0.05, 0) is 12.0 Å². The molecule has 0 aliphatic rings. The molecule has 0 aromatic heterocycles. The number of rotatable bonds is 5. The zero-order chi connectivity index (χ0) is 12.0. The molecule has 1 amide bonds. The van der Waals surface area contributed by atoms with E-state index in [-0.39, 0.29) is 12.5 Å². The van der Waals surface area contributed by atoms with Crippen molar-refractivity contribution in [3.05, 3.63) is 29.8 Å². The third kappa shape index (κ3) is 3.66. The van der Waals surface area contributed by atoms with Crippen molar-refractivity contribution in [2.24, 2.45) is 5.92 Å². The summed E-state index contributed by atoms with van der Waals surface area (Å²) in [5.74, 6) is 0.400. The summed E-state index contributed by atoms with van der Waals surface area (Å²) in [4.78, 5) is 11.7. The summed E-state index contributed by atoms with van der Waals surface area (Å²) in [6, 6.07) is 7.30. The van der Waals surface area contributed by atoms with Crippen molar-refractivity contribution in [2.45, 2.75) is 33.3 Å². The van der Waals surface area contributed by atoms with E-state index >= 15 is 0 Å². The number of benzene rings is 1. The van der Waals surface area contributed by atoms with Gasteiger partial charge in [0.05, 0.1) is 6.61 Å². The summed E-state index contributed by atoms with van der Waals surface area (Å²) in [7, 11) is 0. The predicted molar refractivity (Wildman–Crippen MR) is 65.1 cm³/mol. The van der Waals surface area contributed by atoms with E-state index in [2.05, 4.69) is 19.2 Å². The molecule has 0 fully saturated rings. The van der Waals surface area contributed by atoms with Gasteiger partial charge in [0, 0.05) is 17.7 Å². The minimum Gasteiger partial charge on any atom is -0.392 e. The number of carbonyl (C=O) groups is 1. The summed E-state index contributed by atoms with van der Waals surface area (Å²) >= 11 is 0. The number of hydrogen-bond acceptors (Lipinski definition) is 2. The van der Waals surface area contributed by atoms with Crippen LogP contribution in [0.1, 0.15) is 32.3 Å². The quantitative estimate of drug-likeness (QED) is 0.802. The predicted octanol–water partition coefficient (Wildman–Crippen LogP) is 2.55. The van der Waals surface area contributed by atoms with Gasteiger partial charge in [0.15, 0.2) is 0 Å². The van der Waals surface area contributed by atoms with Gasteiger partial charge in [0.2, 0.25) is 5.91 Å². The summed E-state index contributed by atoms with van der Waals surface area (Å²) in [6.45, 7) is 4.07. The molecule has 16 heavy (non-hydrogen) atoms. The molecule has 2 N–H and O–H groups in total. The Hall–Kier alpha value is -1.35. The van der Waals surface area contributed by atoms with Crippen LogP contribution in [-0.2, 0) is 11.4 Å². The Morgan fingerprint density at radius 2 is 2.12 bits per heavy atom. The fourth-order valence-electron chi connectivity index (χ4n) is 1.44. The molecule has 1 aromatic carbocycles. The van der Waals surface area contributed by atoms with Crippen molar-refractivity contribution in [2.75, 3.05) is 5.32 Å². The van der Waals surface area contributed by atoms with Crippen LogP contribution < -0.4 is 5.32 Å². The van der Waals surface area contributed by atoms with Crippen LogP contribution in [0.25, 0.3) is 0 Å². The van der Waals surface area contributed by atoms with Gasteiger partial charge in [-0.3, -0.25) is 4.79 Å². The minimum atomic E-state index is -0.0558. The van der Waals surface area contributed by atoms with E-state index in [9.17, 15) is 4.79 Å². The smallest absolute Gasteiger partial charge is 0.224 e. The number of amides is 1. The third-order valence-corrected chi connectivity index (χ3v) is 2.69. The Kier molecular flexibility index (Phi) is 4.99.